The molecular weight excluding hydrogens is 240 g/mol. The van der Waals surface area contributed by atoms with Gasteiger partial charge in [-0.2, -0.15) is 0 Å². The Kier molecular flexibility index (Phi) is 6.03. The van der Waals surface area contributed by atoms with Crippen molar-refractivity contribution in [2.24, 2.45) is 0 Å². The van der Waals surface area contributed by atoms with Crippen LogP contribution in [0.15, 0.2) is 12.2 Å². The van der Waals surface area contributed by atoms with Crippen LogP contribution in [0, 0.1) is 0 Å². The van der Waals surface area contributed by atoms with Gasteiger partial charge in [0.25, 0.3) is 11.8 Å². The molecule has 0 bridgehead atoms. The lowest BCUT2D eigenvalue weighted by molar-refractivity contribution is -0.141. The van der Waals surface area contributed by atoms with Crippen molar-refractivity contribution >= 4 is 17.7 Å². The molecule has 0 spiro atoms. The van der Waals surface area contributed by atoms with Crippen molar-refractivity contribution < 1.29 is 23.9 Å². The Labute approximate surface area is 105 Å². The number of amides is 3. The summed E-state index contributed by atoms with van der Waals surface area (Å²) in [6.07, 6.45) is 2.28. The van der Waals surface area contributed by atoms with E-state index in [9.17, 15) is 14.4 Å². The predicted molar refractivity (Wildman–Crippen MR) is 61.6 cm³/mol. The lowest BCUT2D eigenvalue weighted by Crippen LogP contribution is -2.41. The van der Waals surface area contributed by atoms with Crippen LogP contribution in [0.1, 0.15) is 0 Å². The molecule has 1 heterocycles. The van der Waals surface area contributed by atoms with E-state index >= 15 is 0 Å². The Balaban J connectivity index is 2.11. The molecule has 1 N–H and O–H groups in total. The van der Waals surface area contributed by atoms with Gasteiger partial charge in [-0.15, -0.1) is 0 Å². The highest BCUT2D eigenvalue weighted by molar-refractivity contribution is 6.14. The maximum absolute atomic E-state index is 11.4. The third-order valence-corrected chi connectivity index (χ3v) is 2.20. The number of carbonyl (C=O) groups excluding carboxylic acids is 3. The molecule has 100 valence electrons. The maximum Gasteiger partial charge on any atom is 0.254 e. The highest BCUT2D eigenvalue weighted by atomic mass is 16.5. The van der Waals surface area contributed by atoms with Gasteiger partial charge in [-0.25, -0.2) is 0 Å². The molecule has 7 nitrogen and oxygen atoms in total. The van der Waals surface area contributed by atoms with Crippen molar-refractivity contribution in [2.45, 2.75) is 0 Å². The van der Waals surface area contributed by atoms with Crippen LogP contribution in [0.3, 0.4) is 0 Å². The summed E-state index contributed by atoms with van der Waals surface area (Å²) in [4.78, 5) is 34.6. The second-order valence-electron chi connectivity index (χ2n) is 3.55. The third kappa shape index (κ3) is 4.64. The van der Waals surface area contributed by atoms with Gasteiger partial charge in [0.05, 0.1) is 19.8 Å². The molecule has 3 amide bonds. The van der Waals surface area contributed by atoms with Gasteiger partial charge in [-0.05, 0) is 0 Å². The van der Waals surface area contributed by atoms with Crippen LogP contribution in [-0.2, 0) is 23.9 Å². The van der Waals surface area contributed by atoms with Crippen molar-refractivity contribution in [1.29, 1.82) is 0 Å². The molecular formula is C11H16N2O5. The summed E-state index contributed by atoms with van der Waals surface area (Å²) in [5, 5.41) is 2.55. The fraction of sp³-hybridized carbons (Fsp3) is 0.545. The Morgan fingerprint density at radius 1 is 1.22 bits per heavy atom. The van der Waals surface area contributed by atoms with Crippen LogP contribution in [0.4, 0.5) is 0 Å². The number of imide groups is 1. The smallest absolute Gasteiger partial charge is 0.254 e. The molecule has 0 saturated heterocycles. The van der Waals surface area contributed by atoms with Gasteiger partial charge in [0, 0.05) is 25.8 Å². The van der Waals surface area contributed by atoms with Gasteiger partial charge in [0.15, 0.2) is 0 Å². The molecule has 18 heavy (non-hydrogen) atoms. The molecule has 0 aromatic rings. The second-order valence-corrected chi connectivity index (χ2v) is 3.55. The first-order valence-corrected chi connectivity index (χ1v) is 5.52. The topological polar surface area (TPSA) is 84.9 Å². The van der Waals surface area contributed by atoms with E-state index in [1.54, 1.807) is 7.11 Å². The van der Waals surface area contributed by atoms with E-state index in [1.807, 2.05) is 0 Å². The number of carbonyl (C=O) groups is 3. The molecule has 0 unspecified atom stereocenters. The first-order chi connectivity index (χ1) is 8.65. The van der Waals surface area contributed by atoms with Crippen molar-refractivity contribution in [3.8, 4) is 0 Å². The summed E-state index contributed by atoms with van der Waals surface area (Å²) < 4.78 is 9.92. The number of methoxy groups -OCH3 is 1. The van der Waals surface area contributed by atoms with Crippen LogP contribution >= 0.6 is 0 Å². The van der Waals surface area contributed by atoms with Gasteiger partial charge in [0.1, 0.15) is 6.54 Å². The number of hydrogen-bond acceptors (Lipinski definition) is 5. The third-order valence-electron chi connectivity index (χ3n) is 2.20. The van der Waals surface area contributed by atoms with Crippen LogP contribution in [0.5, 0.6) is 0 Å². The molecule has 1 aliphatic heterocycles. The zero-order valence-corrected chi connectivity index (χ0v) is 10.2. The van der Waals surface area contributed by atoms with Gasteiger partial charge in [0.2, 0.25) is 5.91 Å². The standard InChI is InChI=1S/C11H16N2O5/c1-17-6-7-18-5-4-12-9(14)8-13-10(15)2-3-11(13)16/h2-3H,4-8H2,1H3,(H,12,14). The second kappa shape index (κ2) is 7.57. The number of hydrogen-bond donors (Lipinski definition) is 1. The van der Waals surface area contributed by atoms with Crippen LogP contribution < -0.4 is 5.32 Å². The first kappa shape index (κ1) is 14.3. The van der Waals surface area contributed by atoms with E-state index in [0.717, 1.165) is 17.1 Å². The van der Waals surface area contributed by atoms with E-state index < -0.39 is 17.7 Å². The highest BCUT2D eigenvalue weighted by Crippen LogP contribution is 2.01. The minimum absolute atomic E-state index is 0.261. The Morgan fingerprint density at radius 2 is 1.89 bits per heavy atom. The molecule has 0 radical (unpaired) electrons. The summed E-state index contributed by atoms with van der Waals surface area (Å²) in [7, 11) is 1.57. The average Bonchev–Trinajstić information content (AvgIpc) is 2.65. The maximum atomic E-state index is 11.4. The lowest BCUT2D eigenvalue weighted by atomic mass is 10.4. The fourth-order valence-corrected chi connectivity index (χ4v) is 1.29. The number of nitrogens with zero attached hydrogens (tertiary/aromatic N) is 1. The number of ether oxygens (including phenoxy) is 2. The van der Waals surface area contributed by atoms with Crippen LogP contribution in [0.25, 0.3) is 0 Å². The van der Waals surface area contributed by atoms with E-state index in [0.29, 0.717) is 26.4 Å². The predicted octanol–water partition coefficient (Wildman–Crippen LogP) is -1.31. The van der Waals surface area contributed by atoms with E-state index in [1.165, 1.54) is 0 Å². The normalized spacial score (nSPS) is 14.4. The molecule has 1 rings (SSSR count). The zero-order valence-electron chi connectivity index (χ0n) is 10.2. The van der Waals surface area contributed by atoms with E-state index in [-0.39, 0.29) is 6.54 Å². The van der Waals surface area contributed by atoms with Crippen LogP contribution in [-0.4, -0.2) is 62.6 Å². The van der Waals surface area contributed by atoms with Crippen molar-refractivity contribution in [1.82, 2.24) is 10.2 Å². The summed E-state index contributed by atoms with van der Waals surface area (Å²) in [5.41, 5.74) is 0. The van der Waals surface area contributed by atoms with Gasteiger partial charge in [-0.3, -0.25) is 19.3 Å². The molecule has 0 atom stereocenters. The highest BCUT2D eigenvalue weighted by Gasteiger charge is 2.25. The molecule has 0 fully saturated rings. The first-order valence-electron chi connectivity index (χ1n) is 5.52. The molecule has 0 aromatic carbocycles. The SMILES string of the molecule is COCCOCCNC(=O)CN1C(=O)C=CC1=O. The minimum Gasteiger partial charge on any atom is -0.382 e. The quantitative estimate of drug-likeness (QED) is 0.430. The number of nitrogens with one attached hydrogen (secondary N) is 1. The van der Waals surface area contributed by atoms with Gasteiger partial charge < -0.3 is 14.8 Å². The van der Waals surface area contributed by atoms with E-state index in [2.05, 4.69) is 5.32 Å². The zero-order chi connectivity index (χ0) is 13.4. The summed E-state index contributed by atoms with van der Waals surface area (Å²) in [6, 6.07) is 0. The average molecular weight is 256 g/mol. The largest absolute Gasteiger partial charge is 0.382 e. The summed E-state index contributed by atoms with van der Waals surface area (Å²) in [5.74, 6) is -1.33. The molecule has 0 saturated carbocycles. The summed E-state index contributed by atoms with van der Waals surface area (Å²) >= 11 is 0. The Hall–Kier alpha value is -1.73. The van der Waals surface area contributed by atoms with Crippen molar-refractivity contribution in [3.63, 3.8) is 0 Å². The molecule has 0 aliphatic carbocycles. The van der Waals surface area contributed by atoms with Crippen LogP contribution in [0.2, 0.25) is 0 Å². The van der Waals surface area contributed by atoms with Gasteiger partial charge >= 0.3 is 0 Å². The molecule has 0 aromatic heterocycles. The van der Waals surface area contributed by atoms with Crippen molar-refractivity contribution in [2.75, 3.05) is 40.0 Å². The fourth-order valence-electron chi connectivity index (χ4n) is 1.29. The summed E-state index contributed by atoms with van der Waals surface area (Å²) in [6.45, 7) is 1.37. The monoisotopic (exact) mass is 256 g/mol. The Bertz CT molecular complexity index is 335. The minimum atomic E-state index is -0.466. The lowest BCUT2D eigenvalue weighted by Gasteiger charge is -2.13. The van der Waals surface area contributed by atoms with Gasteiger partial charge in [-0.1, -0.05) is 0 Å². The van der Waals surface area contributed by atoms with E-state index in [4.69, 9.17) is 9.47 Å². The number of rotatable bonds is 8. The van der Waals surface area contributed by atoms with Crippen molar-refractivity contribution in [3.05, 3.63) is 12.2 Å². The molecule has 7 heteroatoms. The molecule has 1 aliphatic rings. The Morgan fingerprint density at radius 3 is 2.50 bits per heavy atom.